The lowest BCUT2D eigenvalue weighted by Gasteiger charge is -2.24. The molecule has 0 spiro atoms. The minimum Gasteiger partial charge on any atom is -0.497 e. The van der Waals surface area contributed by atoms with Gasteiger partial charge in [-0.15, -0.1) is 0 Å². The lowest BCUT2D eigenvalue weighted by molar-refractivity contribution is -0.142. The Bertz CT molecular complexity index is 1270. The maximum Gasteiger partial charge on any atom is 0.307 e. The standard InChI is InChI=1S/C33H39FO4/c1-6-27(32(35)36)31(22-10-11-22)23-9-7-8-21(16-23)20-38-26-12-14-28(24(17-26)19-33(2,3)4)29-18-25(37-5)13-15-30(29)34/h7-9,12-18,22,27,31H,6,10-11,19-20H2,1-5H3,(H,35,36). The number of rotatable bonds is 11. The van der Waals surface area contributed by atoms with Gasteiger partial charge in [0.1, 0.15) is 23.9 Å². The molecule has 1 N–H and O–H groups in total. The van der Waals surface area contributed by atoms with E-state index in [2.05, 4.69) is 32.9 Å². The Balaban J connectivity index is 1.59. The van der Waals surface area contributed by atoms with Gasteiger partial charge in [0.15, 0.2) is 0 Å². The summed E-state index contributed by atoms with van der Waals surface area (Å²) in [5, 5.41) is 9.81. The van der Waals surface area contributed by atoms with Crippen LogP contribution in [-0.4, -0.2) is 18.2 Å². The molecule has 0 radical (unpaired) electrons. The van der Waals surface area contributed by atoms with Crippen LogP contribution in [0.4, 0.5) is 4.39 Å². The number of hydrogen-bond donors (Lipinski definition) is 1. The first-order valence-electron chi connectivity index (χ1n) is 13.5. The summed E-state index contributed by atoms with van der Waals surface area (Å²) in [6.07, 6.45) is 3.55. The van der Waals surface area contributed by atoms with Crippen molar-refractivity contribution < 1.29 is 23.8 Å². The zero-order valence-corrected chi connectivity index (χ0v) is 23.1. The summed E-state index contributed by atoms with van der Waals surface area (Å²) in [5.41, 5.74) is 4.44. The maximum absolute atomic E-state index is 14.8. The minimum atomic E-state index is -0.718. The van der Waals surface area contributed by atoms with Crippen molar-refractivity contribution in [3.8, 4) is 22.6 Å². The van der Waals surface area contributed by atoms with Crippen LogP contribution in [0, 0.1) is 23.1 Å². The van der Waals surface area contributed by atoms with Crippen molar-refractivity contribution in [1.29, 1.82) is 0 Å². The van der Waals surface area contributed by atoms with Crippen LogP contribution < -0.4 is 9.47 Å². The second-order valence-electron chi connectivity index (χ2n) is 11.7. The Morgan fingerprint density at radius 1 is 1.03 bits per heavy atom. The Labute approximate surface area is 225 Å². The highest BCUT2D eigenvalue weighted by molar-refractivity contribution is 5.72. The number of aliphatic carboxylic acids is 1. The number of carboxylic acids is 1. The summed E-state index contributed by atoms with van der Waals surface area (Å²) in [4.78, 5) is 11.9. The first kappa shape index (κ1) is 27.7. The molecule has 0 aliphatic heterocycles. The van der Waals surface area contributed by atoms with Crippen molar-refractivity contribution in [2.24, 2.45) is 17.3 Å². The Morgan fingerprint density at radius 3 is 2.39 bits per heavy atom. The molecule has 1 aliphatic rings. The fraction of sp³-hybridized carbons (Fsp3) is 0.424. The van der Waals surface area contributed by atoms with E-state index in [1.807, 2.05) is 37.3 Å². The Morgan fingerprint density at radius 2 is 1.76 bits per heavy atom. The first-order chi connectivity index (χ1) is 18.1. The van der Waals surface area contributed by atoms with Gasteiger partial charge in [-0.3, -0.25) is 4.79 Å². The summed E-state index contributed by atoms with van der Waals surface area (Å²) in [7, 11) is 1.58. The fourth-order valence-corrected chi connectivity index (χ4v) is 5.41. The van der Waals surface area contributed by atoms with E-state index in [1.165, 1.54) is 6.07 Å². The van der Waals surface area contributed by atoms with Crippen LogP contribution >= 0.6 is 0 Å². The quantitative estimate of drug-likeness (QED) is 0.277. The molecule has 0 amide bonds. The van der Waals surface area contributed by atoms with Crippen molar-refractivity contribution in [3.63, 3.8) is 0 Å². The van der Waals surface area contributed by atoms with Crippen molar-refractivity contribution >= 4 is 5.97 Å². The molecule has 1 fully saturated rings. The van der Waals surface area contributed by atoms with Crippen LogP contribution in [0.3, 0.4) is 0 Å². The summed E-state index contributed by atoms with van der Waals surface area (Å²) in [5.74, 6) is 0.430. The summed E-state index contributed by atoms with van der Waals surface area (Å²) in [6.45, 7) is 8.81. The number of carboxylic acid groups (broad SMARTS) is 1. The molecule has 202 valence electrons. The van der Waals surface area contributed by atoms with Crippen molar-refractivity contribution in [1.82, 2.24) is 0 Å². The summed E-state index contributed by atoms with van der Waals surface area (Å²) >= 11 is 0. The zero-order chi connectivity index (χ0) is 27.4. The van der Waals surface area contributed by atoms with Crippen molar-refractivity contribution in [2.45, 2.75) is 65.9 Å². The second kappa shape index (κ2) is 11.6. The van der Waals surface area contributed by atoms with Crippen LogP contribution in [-0.2, 0) is 17.8 Å². The maximum atomic E-state index is 14.8. The molecule has 0 saturated heterocycles. The highest BCUT2D eigenvalue weighted by Gasteiger charge is 2.40. The summed E-state index contributed by atoms with van der Waals surface area (Å²) in [6, 6.07) is 18.8. The Hall–Kier alpha value is -3.34. The molecule has 2 atom stereocenters. The Kier molecular flexibility index (Phi) is 8.44. The number of hydrogen-bond acceptors (Lipinski definition) is 3. The van der Waals surface area contributed by atoms with Gasteiger partial charge in [0.2, 0.25) is 0 Å². The molecule has 4 nitrogen and oxygen atoms in total. The van der Waals surface area contributed by atoms with Gasteiger partial charge >= 0.3 is 5.97 Å². The predicted octanol–water partition coefficient (Wildman–Crippen LogP) is 8.27. The highest BCUT2D eigenvalue weighted by atomic mass is 19.1. The van der Waals surface area contributed by atoms with Gasteiger partial charge in [-0.25, -0.2) is 4.39 Å². The lowest BCUT2D eigenvalue weighted by Crippen LogP contribution is -2.23. The molecule has 4 rings (SSSR count). The number of methoxy groups -OCH3 is 1. The normalized spacial score (nSPS) is 15.1. The van der Waals surface area contributed by atoms with E-state index >= 15 is 0 Å². The van der Waals surface area contributed by atoms with E-state index in [-0.39, 0.29) is 23.1 Å². The molecule has 0 bridgehead atoms. The average Bonchev–Trinajstić information content (AvgIpc) is 3.71. The van der Waals surface area contributed by atoms with E-state index in [1.54, 1.807) is 19.2 Å². The van der Waals surface area contributed by atoms with Crippen molar-refractivity contribution in [2.75, 3.05) is 7.11 Å². The van der Waals surface area contributed by atoms with Crippen LogP contribution in [0.15, 0.2) is 60.7 Å². The molecular weight excluding hydrogens is 479 g/mol. The van der Waals surface area contributed by atoms with Gasteiger partial charge in [-0.05, 0) is 95.5 Å². The van der Waals surface area contributed by atoms with Gasteiger partial charge in [0, 0.05) is 5.56 Å². The van der Waals surface area contributed by atoms with Gasteiger partial charge in [-0.2, -0.15) is 0 Å². The van der Waals surface area contributed by atoms with Crippen molar-refractivity contribution in [3.05, 3.63) is 83.2 Å². The third kappa shape index (κ3) is 6.75. The third-order valence-corrected chi connectivity index (χ3v) is 7.32. The number of carbonyl (C=O) groups is 1. The summed E-state index contributed by atoms with van der Waals surface area (Å²) < 4.78 is 26.4. The predicted molar refractivity (Wildman–Crippen MR) is 149 cm³/mol. The van der Waals surface area contributed by atoms with Crippen LogP contribution in [0.1, 0.15) is 69.6 Å². The molecule has 3 aromatic rings. The molecule has 38 heavy (non-hydrogen) atoms. The number of ether oxygens (including phenoxy) is 2. The molecule has 3 aromatic carbocycles. The molecule has 2 unspecified atom stereocenters. The van der Waals surface area contributed by atoms with E-state index in [0.29, 0.717) is 30.3 Å². The first-order valence-corrected chi connectivity index (χ1v) is 13.5. The molecule has 1 saturated carbocycles. The average molecular weight is 519 g/mol. The van der Waals surface area contributed by atoms with Gasteiger partial charge < -0.3 is 14.6 Å². The smallest absolute Gasteiger partial charge is 0.307 e. The molecule has 0 aromatic heterocycles. The highest BCUT2D eigenvalue weighted by Crippen LogP contribution is 2.48. The SMILES string of the molecule is CCC(C(=O)O)C(c1cccc(COc2ccc(-c3cc(OC)ccc3F)c(CC(C)(C)C)c2)c1)C1CC1. The van der Waals surface area contributed by atoms with Gasteiger partial charge in [-0.1, -0.05) is 58.0 Å². The van der Waals surface area contributed by atoms with Crippen LogP contribution in [0.2, 0.25) is 0 Å². The number of halogens is 1. The topological polar surface area (TPSA) is 55.8 Å². The number of benzene rings is 3. The van der Waals surface area contributed by atoms with Gasteiger partial charge in [0.25, 0.3) is 0 Å². The zero-order valence-electron chi connectivity index (χ0n) is 23.1. The molecular formula is C33H39FO4. The van der Waals surface area contributed by atoms with Crippen LogP contribution in [0.25, 0.3) is 11.1 Å². The monoisotopic (exact) mass is 518 g/mol. The molecule has 5 heteroatoms. The second-order valence-corrected chi connectivity index (χ2v) is 11.7. The van der Waals surface area contributed by atoms with E-state index in [4.69, 9.17) is 9.47 Å². The van der Waals surface area contributed by atoms with Gasteiger partial charge in [0.05, 0.1) is 13.0 Å². The molecule has 1 aliphatic carbocycles. The fourth-order valence-electron chi connectivity index (χ4n) is 5.41. The minimum absolute atomic E-state index is 0.00513. The lowest BCUT2D eigenvalue weighted by atomic mass is 9.80. The van der Waals surface area contributed by atoms with E-state index < -0.39 is 5.97 Å². The largest absolute Gasteiger partial charge is 0.497 e. The molecule has 0 heterocycles. The van der Waals surface area contributed by atoms with E-state index in [0.717, 1.165) is 47.3 Å². The van der Waals surface area contributed by atoms with E-state index in [9.17, 15) is 14.3 Å². The van der Waals surface area contributed by atoms with Crippen LogP contribution in [0.5, 0.6) is 11.5 Å². The third-order valence-electron chi connectivity index (χ3n) is 7.32.